The van der Waals surface area contributed by atoms with Crippen molar-refractivity contribution in [1.29, 1.82) is 0 Å². The van der Waals surface area contributed by atoms with Gasteiger partial charge >= 0.3 is 17.9 Å². The van der Waals surface area contributed by atoms with Crippen molar-refractivity contribution in [3.63, 3.8) is 0 Å². The quantitative estimate of drug-likeness (QED) is 0.0200. The molecule has 1 atom stereocenters. The maximum Gasteiger partial charge on any atom is 0.306 e. The van der Waals surface area contributed by atoms with Gasteiger partial charge in [-0.15, -0.1) is 0 Å². The van der Waals surface area contributed by atoms with Crippen LogP contribution in [-0.2, 0) is 28.6 Å². The Labute approximate surface area is 370 Å². The minimum atomic E-state index is -0.807. The lowest BCUT2D eigenvalue weighted by molar-refractivity contribution is -0.166. The molecule has 0 amide bonds. The van der Waals surface area contributed by atoms with Crippen molar-refractivity contribution in [2.45, 2.75) is 252 Å². The molecule has 0 bridgehead atoms. The van der Waals surface area contributed by atoms with Crippen molar-refractivity contribution < 1.29 is 28.6 Å². The zero-order chi connectivity index (χ0) is 43.7. The van der Waals surface area contributed by atoms with E-state index >= 15 is 0 Å². The summed E-state index contributed by atoms with van der Waals surface area (Å²) >= 11 is 0. The van der Waals surface area contributed by atoms with Crippen molar-refractivity contribution in [1.82, 2.24) is 0 Å². The molecule has 0 N–H and O–H groups in total. The lowest BCUT2D eigenvalue weighted by Crippen LogP contribution is -2.30. The number of rotatable bonds is 45. The van der Waals surface area contributed by atoms with Crippen molar-refractivity contribution in [2.24, 2.45) is 0 Å². The SMILES string of the molecule is CCCCC/C=C/C=C/CCCCCCCCC(=O)OCC(COC(=O)CC/C=C/C/C=C/CCCCCCCC)OC(=O)CCCCC/C=C/CCCCCCCCC. The van der Waals surface area contributed by atoms with Gasteiger partial charge < -0.3 is 14.2 Å². The van der Waals surface area contributed by atoms with E-state index in [9.17, 15) is 14.4 Å². The molecule has 60 heavy (non-hydrogen) atoms. The summed E-state index contributed by atoms with van der Waals surface area (Å²) in [5, 5.41) is 0. The van der Waals surface area contributed by atoms with Crippen LogP contribution in [0.4, 0.5) is 0 Å². The predicted octanol–water partition coefficient (Wildman–Crippen LogP) is 16.5. The highest BCUT2D eigenvalue weighted by atomic mass is 16.6. The molecule has 0 rings (SSSR count). The first-order chi connectivity index (χ1) is 29.5. The molecule has 346 valence electrons. The molecule has 0 saturated heterocycles. The Kier molecular flexibility index (Phi) is 46.4. The number of hydrogen-bond acceptors (Lipinski definition) is 6. The first-order valence-electron chi connectivity index (χ1n) is 25.3. The van der Waals surface area contributed by atoms with Crippen LogP contribution >= 0.6 is 0 Å². The highest BCUT2D eigenvalue weighted by Gasteiger charge is 2.19. The van der Waals surface area contributed by atoms with E-state index < -0.39 is 6.10 Å². The van der Waals surface area contributed by atoms with Crippen molar-refractivity contribution in [2.75, 3.05) is 13.2 Å². The van der Waals surface area contributed by atoms with Crippen LogP contribution < -0.4 is 0 Å². The molecule has 0 aromatic rings. The van der Waals surface area contributed by atoms with E-state index in [-0.39, 0.29) is 37.5 Å². The van der Waals surface area contributed by atoms with Gasteiger partial charge in [0.1, 0.15) is 13.2 Å². The molecule has 0 aliphatic carbocycles. The number of esters is 3. The van der Waals surface area contributed by atoms with Crippen molar-refractivity contribution in [3.05, 3.63) is 60.8 Å². The van der Waals surface area contributed by atoms with E-state index in [1.54, 1.807) is 0 Å². The van der Waals surface area contributed by atoms with Crippen molar-refractivity contribution >= 4 is 17.9 Å². The monoisotopic (exact) mass is 839 g/mol. The second-order valence-electron chi connectivity index (χ2n) is 16.7. The first kappa shape index (κ1) is 57.1. The van der Waals surface area contributed by atoms with E-state index in [1.807, 2.05) is 6.08 Å². The normalized spacial score (nSPS) is 12.5. The van der Waals surface area contributed by atoms with Crippen LogP contribution in [0.2, 0.25) is 0 Å². The van der Waals surface area contributed by atoms with E-state index in [2.05, 4.69) is 75.5 Å². The Balaban J connectivity index is 4.48. The van der Waals surface area contributed by atoms with Gasteiger partial charge in [0.05, 0.1) is 0 Å². The summed E-state index contributed by atoms with van der Waals surface area (Å²) in [5.74, 6) is -0.999. The Hall–Kier alpha value is -2.89. The number of carbonyl (C=O) groups is 3. The Bertz CT molecular complexity index is 1100. The molecule has 6 nitrogen and oxygen atoms in total. The molecule has 0 saturated carbocycles. The van der Waals surface area contributed by atoms with Crippen LogP contribution in [-0.4, -0.2) is 37.2 Å². The highest BCUT2D eigenvalue weighted by Crippen LogP contribution is 2.13. The zero-order valence-corrected chi connectivity index (χ0v) is 39.5. The van der Waals surface area contributed by atoms with Crippen LogP contribution in [0.5, 0.6) is 0 Å². The lowest BCUT2D eigenvalue weighted by Gasteiger charge is -2.18. The fourth-order valence-corrected chi connectivity index (χ4v) is 6.89. The smallest absolute Gasteiger partial charge is 0.306 e. The summed E-state index contributed by atoms with van der Waals surface area (Å²) in [6.07, 6.45) is 59.3. The number of ether oxygens (including phenoxy) is 3. The average Bonchev–Trinajstić information content (AvgIpc) is 3.24. The molecule has 1 unspecified atom stereocenters. The second kappa shape index (κ2) is 48.8. The summed E-state index contributed by atoms with van der Waals surface area (Å²) < 4.78 is 16.7. The third-order valence-electron chi connectivity index (χ3n) is 10.8. The van der Waals surface area contributed by atoms with Gasteiger partial charge in [-0.2, -0.15) is 0 Å². The van der Waals surface area contributed by atoms with Crippen LogP contribution in [0.25, 0.3) is 0 Å². The summed E-state index contributed by atoms with van der Waals surface area (Å²) in [6, 6.07) is 0. The molecule has 0 aliphatic rings. The molecule has 0 aliphatic heterocycles. The van der Waals surface area contributed by atoms with Gasteiger partial charge in [-0.05, 0) is 89.9 Å². The predicted molar refractivity (Wildman–Crippen MR) is 256 cm³/mol. The Morgan fingerprint density at radius 1 is 0.350 bits per heavy atom. The van der Waals surface area contributed by atoms with Gasteiger partial charge in [-0.1, -0.05) is 197 Å². The Morgan fingerprint density at radius 2 is 0.683 bits per heavy atom. The summed E-state index contributed by atoms with van der Waals surface area (Å²) in [6.45, 7) is 6.52. The van der Waals surface area contributed by atoms with Crippen molar-refractivity contribution in [3.8, 4) is 0 Å². The van der Waals surface area contributed by atoms with Gasteiger partial charge in [-0.3, -0.25) is 14.4 Å². The lowest BCUT2D eigenvalue weighted by atomic mass is 10.1. The number of unbranched alkanes of at least 4 members (excludes halogenated alkanes) is 25. The summed E-state index contributed by atoms with van der Waals surface area (Å²) in [5.41, 5.74) is 0. The Morgan fingerprint density at radius 3 is 1.18 bits per heavy atom. The fraction of sp³-hybridized carbons (Fsp3) is 0.759. The first-order valence-corrected chi connectivity index (χ1v) is 25.3. The van der Waals surface area contributed by atoms with Crippen LogP contribution in [0.3, 0.4) is 0 Å². The third-order valence-corrected chi connectivity index (χ3v) is 10.8. The highest BCUT2D eigenvalue weighted by molar-refractivity contribution is 5.71. The molecule has 0 radical (unpaired) electrons. The minimum Gasteiger partial charge on any atom is -0.462 e. The fourth-order valence-electron chi connectivity index (χ4n) is 6.89. The van der Waals surface area contributed by atoms with E-state index in [0.29, 0.717) is 19.3 Å². The maximum atomic E-state index is 12.8. The topological polar surface area (TPSA) is 78.9 Å². The third kappa shape index (κ3) is 46.2. The average molecular weight is 839 g/mol. The minimum absolute atomic E-state index is 0.103. The number of allylic oxidation sites excluding steroid dienone is 10. The van der Waals surface area contributed by atoms with Crippen LogP contribution in [0.1, 0.15) is 245 Å². The van der Waals surface area contributed by atoms with Gasteiger partial charge in [-0.25, -0.2) is 0 Å². The summed E-state index contributed by atoms with van der Waals surface area (Å²) in [7, 11) is 0. The second-order valence-corrected chi connectivity index (χ2v) is 16.7. The van der Waals surface area contributed by atoms with Gasteiger partial charge in [0.25, 0.3) is 0 Å². The van der Waals surface area contributed by atoms with Crippen LogP contribution in [0, 0.1) is 0 Å². The molecule has 0 fully saturated rings. The standard InChI is InChI=1S/C54H94O6/c1-4-7-10-13-16-19-22-25-27-30-32-35-38-41-44-47-53(56)59-50-51(49-58-52(55)46-43-40-37-34-31-28-24-21-18-15-12-9-6-3)60-54(57)48-45-42-39-36-33-29-26-23-20-17-14-11-8-5-2/h16,19,22,25,28-29,31,33,37,40,51H,4-15,17-18,20-21,23-24,26-27,30,32,34-36,38-39,41-50H2,1-3H3/b19-16+,25-22+,31-28+,33-29+,40-37+. The molecule has 0 aromatic heterocycles. The molecule has 6 heteroatoms. The number of carbonyl (C=O) groups excluding carboxylic acids is 3. The molecule has 0 aromatic carbocycles. The van der Waals surface area contributed by atoms with Gasteiger partial charge in [0.2, 0.25) is 0 Å². The molecular formula is C54H94O6. The van der Waals surface area contributed by atoms with E-state index in [0.717, 1.165) is 70.6 Å². The summed E-state index contributed by atoms with van der Waals surface area (Å²) in [4.78, 5) is 37.9. The zero-order valence-electron chi connectivity index (χ0n) is 39.5. The molecule has 0 spiro atoms. The largest absolute Gasteiger partial charge is 0.462 e. The van der Waals surface area contributed by atoms with Crippen LogP contribution in [0.15, 0.2) is 60.8 Å². The molecule has 0 heterocycles. The molecular weight excluding hydrogens is 745 g/mol. The van der Waals surface area contributed by atoms with E-state index in [4.69, 9.17) is 14.2 Å². The maximum absolute atomic E-state index is 12.8. The van der Waals surface area contributed by atoms with Gasteiger partial charge in [0, 0.05) is 19.3 Å². The number of hydrogen-bond donors (Lipinski definition) is 0. The van der Waals surface area contributed by atoms with E-state index in [1.165, 1.54) is 128 Å². The van der Waals surface area contributed by atoms with Gasteiger partial charge in [0.15, 0.2) is 6.10 Å².